The van der Waals surface area contributed by atoms with Crippen molar-refractivity contribution in [1.29, 1.82) is 0 Å². The van der Waals surface area contributed by atoms with Crippen molar-refractivity contribution in [1.82, 2.24) is 10.3 Å². The molecule has 0 saturated heterocycles. The van der Waals surface area contributed by atoms with Crippen LogP contribution in [-0.2, 0) is 0 Å². The minimum atomic E-state index is 0.222. The molecule has 3 N–H and O–H groups in total. The van der Waals surface area contributed by atoms with Crippen molar-refractivity contribution in [2.45, 2.75) is 12.5 Å². The first kappa shape index (κ1) is 12.5. The van der Waals surface area contributed by atoms with Gasteiger partial charge in [0.05, 0.1) is 0 Å². The van der Waals surface area contributed by atoms with E-state index in [0.29, 0.717) is 0 Å². The summed E-state index contributed by atoms with van der Waals surface area (Å²) in [6, 6.07) is 8.79. The van der Waals surface area contributed by atoms with Crippen molar-refractivity contribution < 1.29 is 0 Å². The molecule has 0 radical (unpaired) electrons. The number of hydrazine groups is 1. The lowest BCUT2D eigenvalue weighted by Crippen LogP contribution is -2.30. The van der Waals surface area contributed by atoms with Crippen LogP contribution in [0.4, 0.5) is 0 Å². The molecule has 0 aliphatic rings. The molecule has 1 aromatic carbocycles. The molecule has 0 amide bonds. The summed E-state index contributed by atoms with van der Waals surface area (Å²) in [5.74, 6) is 5.69. The highest BCUT2D eigenvalue weighted by atomic mass is 32.1. The van der Waals surface area contributed by atoms with Gasteiger partial charge in [-0.15, -0.1) is 11.3 Å². The fourth-order valence-electron chi connectivity index (χ4n) is 2.01. The Hall–Kier alpha value is -0.940. The SMILES string of the molecule is CN(C)CCC(NN)c1cccc2ccsc12. The number of benzene rings is 1. The highest BCUT2D eigenvalue weighted by molar-refractivity contribution is 7.17. The molecular weight excluding hydrogens is 230 g/mol. The van der Waals surface area contributed by atoms with E-state index in [1.54, 1.807) is 11.3 Å². The maximum atomic E-state index is 5.69. The van der Waals surface area contributed by atoms with Gasteiger partial charge in [0.15, 0.2) is 0 Å². The summed E-state index contributed by atoms with van der Waals surface area (Å²) in [5.41, 5.74) is 4.24. The van der Waals surface area contributed by atoms with Gasteiger partial charge in [-0.05, 0) is 49.5 Å². The van der Waals surface area contributed by atoms with Crippen LogP contribution in [0.5, 0.6) is 0 Å². The number of hydrogen-bond acceptors (Lipinski definition) is 4. The number of nitrogens with one attached hydrogen (secondary N) is 1. The minimum Gasteiger partial charge on any atom is -0.309 e. The van der Waals surface area contributed by atoms with Crippen molar-refractivity contribution in [3.8, 4) is 0 Å². The summed E-state index contributed by atoms with van der Waals surface area (Å²) >= 11 is 1.78. The topological polar surface area (TPSA) is 41.3 Å². The van der Waals surface area contributed by atoms with Gasteiger partial charge in [-0.25, -0.2) is 0 Å². The molecule has 4 heteroatoms. The van der Waals surface area contributed by atoms with Crippen LogP contribution in [-0.4, -0.2) is 25.5 Å². The van der Waals surface area contributed by atoms with Gasteiger partial charge in [0.25, 0.3) is 0 Å². The van der Waals surface area contributed by atoms with Gasteiger partial charge >= 0.3 is 0 Å². The van der Waals surface area contributed by atoms with E-state index < -0.39 is 0 Å². The Morgan fingerprint density at radius 1 is 1.35 bits per heavy atom. The third kappa shape index (κ3) is 2.84. The summed E-state index contributed by atoms with van der Waals surface area (Å²) in [7, 11) is 4.17. The van der Waals surface area contributed by atoms with E-state index in [0.717, 1.165) is 13.0 Å². The highest BCUT2D eigenvalue weighted by Crippen LogP contribution is 2.30. The number of thiophene rings is 1. The van der Waals surface area contributed by atoms with Crippen LogP contribution in [0.15, 0.2) is 29.6 Å². The quantitative estimate of drug-likeness (QED) is 0.631. The second-order valence-electron chi connectivity index (χ2n) is 4.50. The molecule has 0 spiro atoms. The third-order valence-electron chi connectivity index (χ3n) is 2.95. The van der Waals surface area contributed by atoms with E-state index in [2.05, 4.69) is 54.1 Å². The van der Waals surface area contributed by atoms with E-state index >= 15 is 0 Å². The highest BCUT2D eigenvalue weighted by Gasteiger charge is 2.13. The molecule has 3 nitrogen and oxygen atoms in total. The van der Waals surface area contributed by atoms with Crippen LogP contribution in [0.2, 0.25) is 0 Å². The summed E-state index contributed by atoms with van der Waals surface area (Å²) in [6.45, 7) is 1.02. The van der Waals surface area contributed by atoms with E-state index in [4.69, 9.17) is 5.84 Å². The Labute approximate surface area is 106 Å². The van der Waals surface area contributed by atoms with E-state index in [1.165, 1.54) is 15.6 Å². The number of hydrogen-bond donors (Lipinski definition) is 2. The molecule has 92 valence electrons. The van der Waals surface area contributed by atoms with Gasteiger partial charge in [-0.1, -0.05) is 18.2 Å². The zero-order valence-electron chi connectivity index (χ0n) is 10.3. The second kappa shape index (κ2) is 5.60. The Balaban J connectivity index is 2.26. The zero-order chi connectivity index (χ0) is 12.3. The molecule has 17 heavy (non-hydrogen) atoms. The van der Waals surface area contributed by atoms with Crippen molar-refractivity contribution in [3.05, 3.63) is 35.2 Å². The number of rotatable bonds is 5. The molecular formula is C13H19N3S. The largest absolute Gasteiger partial charge is 0.309 e. The average Bonchev–Trinajstić information content (AvgIpc) is 2.78. The Kier molecular flexibility index (Phi) is 4.12. The molecule has 1 unspecified atom stereocenters. The molecule has 0 bridgehead atoms. The average molecular weight is 249 g/mol. The zero-order valence-corrected chi connectivity index (χ0v) is 11.1. The standard InChI is InChI=1S/C13H19N3S/c1-16(2)8-6-12(15-14)11-5-3-4-10-7-9-17-13(10)11/h3-5,7,9,12,15H,6,8,14H2,1-2H3. The van der Waals surface area contributed by atoms with Crippen LogP contribution in [0.25, 0.3) is 10.1 Å². The molecule has 1 heterocycles. The maximum absolute atomic E-state index is 5.69. The number of fused-ring (bicyclic) bond motifs is 1. The molecule has 0 saturated carbocycles. The normalized spacial score (nSPS) is 13.4. The summed E-state index contributed by atoms with van der Waals surface area (Å²) < 4.78 is 1.34. The second-order valence-corrected chi connectivity index (χ2v) is 5.41. The monoisotopic (exact) mass is 249 g/mol. The molecule has 2 aromatic rings. The number of nitrogens with two attached hydrogens (primary N) is 1. The smallest absolute Gasteiger partial charge is 0.0486 e. The molecule has 1 atom stereocenters. The fourth-order valence-corrected chi connectivity index (χ4v) is 2.98. The van der Waals surface area contributed by atoms with Crippen LogP contribution in [0.1, 0.15) is 18.0 Å². The van der Waals surface area contributed by atoms with E-state index in [9.17, 15) is 0 Å². The van der Waals surface area contributed by atoms with Gasteiger partial charge in [-0.3, -0.25) is 11.3 Å². The summed E-state index contributed by atoms with van der Waals surface area (Å²) in [4.78, 5) is 2.18. The first-order valence-corrected chi connectivity index (χ1v) is 6.67. The Bertz CT molecular complexity index is 478. The number of nitrogens with zero attached hydrogens (tertiary/aromatic N) is 1. The molecule has 2 rings (SSSR count). The first-order chi connectivity index (χ1) is 8.22. The van der Waals surface area contributed by atoms with Crippen molar-refractivity contribution in [2.75, 3.05) is 20.6 Å². The van der Waals surface area contributed by atoms with Gasteiger partial charge < -0.3 is 4.90 Å². The lowest BCUT2D eigenvalue weighted by atomic mass is 10.0. The molecule has 0 aliphatic carbocycles. The predicted molar refractivity (Wildman–Crippen MR) is 75.1 cm³/mol. The van der Waals surface area contributed by atoms with E-state index in [1.807, 2.05) is 0 Å². The third-order valence-corrected chi connectivity index (χ3v) is 3.93. The lowest BCUT2D eigenvalue weighted by Gasteiger charge is -2.19. The Morgan fingerprint density at radius 3 is 2.88 bits per heavy atom. The summed E-state index contributed by atoms with van der Waals surface area (Å²) in [6.07, 6.45) is 1.01. The van der Waals surface area contributed by atoms with Crippen molar-refractivity contribution >= 4 is 21.4 Å². The van der Waals surface area contributed by atoms with Crippen LogP contribution < -0.4 is 11.3 Å². The minimum absolute atomic E-state index is 0.222. The predicted octanol–water partition coefficient (Wildman–Crippen LogP) is 2.36. The van der Waals surface area contributed by atoms with E-state index in [-0.39, 0.29) is 6.04 Å². The first-order valence-electron chi connectivity index (χ1n) is 5.79. The lowest BCUT2D eigenvalue weighted by molar-refractivity contribution is 0.364. The van der Waals surface area contributed by atoms with Crippen LogP contribution in [0.3, 0.4) is 0 Å². The van der Waals surface area contributed by atoms with Gasteiger partial charge in [-0.2, -0.15) is 0 Å². The van der Waals surface area contributed by atoms with Gasteiger partial charge in [0.2, 0.25) is 0 Å². The van der Waals surface area contributed by atoms with Crippen LogP contribution in [0, 0.1) is 0 Å². The molecule has 1 aromatic heterocycles. The van der Waals surface area contributed by atoms with Gasteiger partial charge in [0, 0.05) is 10.7 Å². The van der Waals surface area contributed by atoms with Gasteiger partial charge in [0.1, 0.15) is 0 Å². The van der Waals surface area contributed by atoms with Crippen molar-refractivity contribution in [3.63, 3.8) is 0 Å². The summed E-state index contributed by atoms with van der Waals surface area (Å²) in [5, 5.41) is 3.44. The van der Waals surface area contributed by atoms with Crippen LogP contribution >= 0.6 is 11.3 Å². The Morgan fingerprint density at radius 2 is 2.18 bits per heavy atom. The fraction of sp³-hybridized carbons (Fsp3) is 0.385. The van der Waals surface area contributed by atoms with Crippen molar-refractivity contribution in [2.24, 2.45) is 5.84 Å². The maximum Gasteiger partial charge on any atom is 0.0486 e. The molecule has 0 aliphatic heterocycles. The molecule has 0 fully saturated rings.